The summed E-state index contributed by atoms with van der Waals surface area (Å²) in [4.78, 5) is 22.1. The summed E-state index contributed by atoms with van der Waals surface area (Å²) in [6, 6.07) is 0. The lowest BCUT2D eigenvalue weighted by Crippen LogP contribution is -2.36. The molecule has 2 atom stereocenters. The lowest BCUT2D eigenvalue weighted by atomic mass is 9.95. The molecule has 0 aliphatic carbocycles. The molecule has 15 heavy (non-hydrogen) atoms. The number of esters is 1. The van der Waals surface area contributed by atoms with Gasteiger partial charge >= 0.3 is 11.9 Å². The highest BCUT2D eigenvalue weighted by Crippen LogP contribution is 2.35. The molecular formula is C10H14O5. The summed E-state index contributed by atoms with van der Waals surface area (Å²) >= 11 is 0. The Labute approximate surface area is 87.7 Å². The lowest BCUT2D eigenvalue weighted by molar-refractivity contribution is -0.157. The highest BCUT2D eigenvalue weighted by Gasteiger charge is 2.45. The van der Waals surface area contributed by atoms with E-state index in [0.29, 0.717) is 12.0 Å². The van der Waals surface area contributed by atoms with Gasteiger partial charge in [-0.1, -0.05) is 0 Å². The predicted molar refractivity (Wildman–Crippen MR) is 51.3 cm³/mol. The first kappa shape index (κ1) is 11.7. The second-order valence-corrected chi connectivity index (χ2v) is 3.66. The molecule has 0 saturated carbocycles. The molecule has 84 valence electrons. The van der Waals surface area contributed by atoms with E-state index < -0.39 is 17.5 Å². The minimum absolute atomic E-state index is 0.206. The Morgan fingerprint density at radius 3 is 2.73 bits per heavy atom. The monoisotopic (exact) mass is 214 g/mol. The SMILES string of the molecule is COC(=O)C=C1CC(C)OC1(C)C(=O)O. The molecule has 0 amide bonds. The Morgan fingerprint density at radius 2 is 2.27 bits per heavy atom. The molecule has 1 rings (SSSR count). The molecule has 0 radical (unpaired) electrons. The highest BCUT2D eigenvalue weighted by atomic mass is 16.5. The van der Waals surface area contributed by atoms with Crippen LogP contribution in [0.3, 0.4) is 0 Å². The van der Waals surface area contributed by atoms with Gasteiger partial charge < -0.3 is 14.6 Å². The molecule has 1 fully saturated rings. The molecular weight excluding hydrogens is 200 g/mol. The van der Waals surface area contributed by atoms with Crippen LogP contribution in [-0.4, -0.2) is 35.9 Å². The third-order valence-corrected chi connectivity index (χ3v) is 2.46. The van der Waals surface area contributed by atoms with Gasteiger partial charge in [-0.15, -0.1) is 0 Å². The van der Waals surface area contributed by atoms with Crippen LogP contribution >= 0.6 is 0 Å². The molecule has 1 aliphatic heterocycles. The maximum atomic E-state index is 11.0. The molecule has 5 heteroatoms. The summed E-state index contributed by atoms with van der Waals surface area (Å²) in [6.45, 7) is 3.20. The topological polar surface area (TPSA) is 72.8 Å². The van der Waals surface area contributed by atoms with Crippen molar-refractivity contribution in [3.63, 3.8) is 0 Å². The van der Waals surface area contributed by atoms with Crippen molar-refractivity contribution < 1.29 is 24.2 Å². The van der Waals surface area contributed by atoms with E-state index >= 15 is 0 Å². The number of hydrogen-bond acceptors (Lipinski definition) is 4. The van der Waals surface area contributed by atoms with Gasteiger partial charge in [0, 0.05) is 6.08 Å². The van der Waals surface area contributed by atoms with Crippen LogP contribution < -0.4 is 0 Å². The summed E-state index contributed by atoms with van der Waals surface area (Å²) in [5.41, 5.74) is -0.970. The van der Waals surface area contributed by atoms with Crippen LogP contribution in [0.15, 0.2) is 11.6 Å². The molecule has 0 aromatic rings. The molecule has 0 bridgehead atoms. The van der Waals surface area contributed by atoms with E-state index in [-0.39, 0.29) is 6.10 Å². The van der Waals surface area contributed by atoms with E-state index in [4.69, 9.17) is 9.84 Å². The number of aliphatic carboxylic acids is 1. The number of carbonyl (C=O) groups excluding carboxylic acids is 1. The minimum Gasteiger partial charge on any atom is -0.479 e. The fraction of sp³-hybridized carbons (Fsp3) is 0.600. The van der Waals surface area contributed by atoms with Crippen LogP contribution in [0.1, 0.15) is 20.3 Å². The highest BCUT2D eigenvalue weighted by molar-refractivity contribution is 5.88. The largest absolute Gasteiger partial charge is 0.479 e. The Hall–Kier alpha value is -1.36. The van der Waals surface area contributed by atoms with Crippen LogP contribution in [0.5, 0.6) is 0 Å². The van der Waals surface area contributed by atoms with Gasteiger partial charge in [-0.25, -0.2) is 9.59 Å². The van der Waals surface area contributed by atoms with Gasteiger partial charge in [0.15, 0.2) is 5.60 Å². The summed E-state index contributed by atoms with van der Waals surface area (Å²) in [6.07, 6.45) is 1.41. The molecule has 0 aromatic carbocycles. The van der Waals surface area contributed by atoms with E-state index in [1.54, 1.807) is 6.92 Å². The lowest BCUT2D eigenvalue weighted by Gasteiger charge is -2.19. The zero-order valence-corrected chi connectivity index (χ0v) is 8.94. The minimum atomic E-state index is -1.41. The number of carboxylic acid groups (broad SMARTS) is 1. The Kier molecular flexibility index (Phi) is 3.14. The Bertz CT molecular complexity index is 320. The fourth-order valence-electron chi connectivity index (χ4n) is 1.61. The smallest absolute Gasteiger partial charge is 0.340 e. The molecule has 0 spiro atoms. The third-order valence-electron chi connectivity index (χ3n) is 2.46. The van der Waals surface area contributed by atoms with E-state index in [0.717, 1.165) is 0 Å². The van der Waals surface area contributed by atoms with Gasteiger partial charge in [-0.3, -0.25) is 0 Å². The van der Waals surface area contributed by atoms with Crippen LogP contribution in [0.2, 0.25) is 0 Å². The standard InChI is InChI=1S/C10H14O5/c1-6-4-7(5-8(11)14-3)10(2,15-6)9(12)13/h5-6H,4H2,1-3H3,(H,12,13). The van der Waals surface area contributed by atoms with Crippen LogP contribution in [0.4, 0.5) is 0 Å². The van der Waals surface area contributed by atoms with Crippen molar-refractivity contribution in [3.05, 3.63) is 11.6 Å². The van der Waals surface area contributed by atoms with Gasteiger partial charge in [-0.2, -0.15) is 0 Å². The molecule has 1 heterocycles. The summed E-state index contributed by atoms with van der Waals surface area (Å²) in [5, 5.41) is 9.03. The quantitative estimate of drug-likeness (QED) is 0.542. The number of hydrogen-bond donors (Lipinski definition) is 1. The second-order valence-electron chi connectivity index (χ2n) is 3.66. The first-order valence-corrected chi connectivity index (χ1v) is 4.60. The van der Waals surface area contributed by atoms with Crippen molar-refractivity contribution in [2.24, 2.45) is 0 Å². The molecule has 2 unspecified atom stereocenters. The third kappa shape index (κ3) is 2.18. The zero-order valence-electron chi connectivity index (χ0n) is 8.94. The predicted octanol–water partition coefficient (Wildman–Crippen LogP) is 0.738. The second kappa shape index (κ2) is 4.02. The van der Waals surface area contributed by atoms with Crippen molar-refractivity contribution in [1.29, 1.82) is 0 Å². The van der Waals surface area contributed by atoms with Crippen LogP contribution in [0.25, 0.3) is 0 Å². The number of rotatable bonds is 2. The van der Waals surface area contributed by atoms with Crippen molar-refractivity contribution in [1.82, 2.24) is 0 Å². The maximum Gasteiger partial charge on any atom is 0.340 e. The summed E-state index contributed by atoms with van der Waals surface area (Å²) < 4.78 is 9.75. The van der Waals surface area contributed by atoms with Gasteiger partial charge in [0.1, 0.15) is 0 Å². The zero-order chi connectivity index (χ0) is 11.6. The van der Waals surface area contributed by atoms with E-state index in [9.17, 15) is 9.59 Å². The van der Waals surface area contributed by atoms with Gasteiger partial charge in [0.05, 0.1) is 13.2 Å². The van der Waals surface area contributed by atoms with Gasteiger partial charge in [0.25, 0.3) is 0 Å². The summed E-state index contributed by atoms with van der Waals surface area (Å²) in [7, 11) is 1.25. The average molecular weight is 214 g/mol. The van der Waals surface area contributed by atoms with Crippen LogP contribution in [-0.2, 0) is 19.1 Å². The average Bonchev–Trinajstić information content (AvgIpc) is 2.42. The van der Waals surface area contributed by atoms with Crippen LogP contribution in [0, 0.1) is 0 Å². The summed E-state index contributed by atoms with van der Waals surface area (Å²) in [5.74, 6) is -1.66. The molecule has 0 aromatic heterocycles. The molecule has 1 saturated heterocycles. The Balaban J connectivity index is 3.01. The van der Waals surface area contributed by atoms with E-state index in [1.165, 1.54) is 20.1 Å². The van der Waals surface area contributed by atoms with Crippen molar-refractivity contribution in [3.8, 4) is 0 Å². The van der Waals surface area contributed by atoms with Gasteiger partial charge in [0.2, 0.25) is 0 Å². The Morgan fingerprint density at radius 1 is 1.67 bits per heavy atom. The number of methoxy groups -OCH3 is 1. The number of carbonyl (C=O) groups is 2. The first-order valence-electron chi connectivity index (χ1n) is 4.60. The first-order chi connectivity index (χ1) is 6.90. The van der Waals surface area contributed by atoms with E-state index in [1.807, 2.05) is 0 Å². The number of carboxylic acids is 1. The van der Waals surface area contributed by atoms with Gasteiger partial charge in [-0.05, 0) is 25.8 Å². The fourth-order valence-corrected chi connectivity index (χ4v) is 1.61. The van der Waals surface area contributed by atoms with Crippen molar-refractivity contribution >= 4 is 11.9 Å². The molecule has 1 N–H and O–H groups in total. The normalized spacial score (nSPS) is 33.0. The molecule has 1 aliphatic rings. The van der Waals surface area contributed by atoms with Crippen molar-refractivity contribution in [2.75, 3.05) is 7.11 Å². The maximum absolute atomic E-state index is 11.0. The van der Waals surface area contributed by atoms with Crippen molar-refractivity contribution in [2.45, 2.75) is 32.0 Å². The van der Waals surface area contributed by atoms with E-state index in [2.05, 4.69) is 4.74 Å². The molecule has 5 nitrogen and oxygen atoms in total. The number of ether oxygens (including phenoxy) is 2.